The molecule has 3 unspecified atom stereocenters. The van der Waals surface area contributed by atoms with Crippen molar-refractivity contribution in [1.29, 1.82) is 0 Å². The summed E-state index contributed by atoms with van der Waals surface area (Å²) < 4.78 is 12.5. The highest BCUT2D eigenvalue weighted by Gasteiger charge is 2.43. The van der Waals surface area contributed by atoms with Gasteiger partial charge in [0.05, 0.1) is 22.4 Å². The Kier molecular flexibility index (Phi) is 4.51. The number of furan rings is 1. The van der Waals surface area contributed by atoms with Crippen LogP contribution in [0.5, 0.6) is 0 Å². The van der Waals surface area contributed by atoms with Crippen LogP contribution in [0.1, 0.15) is 51.3 Å². The molecule has 2 N–H and O–H groups in total. The topological polar surface area (TPSA) is 48.4 Å². The Labute approximate surface area is 117 Å². The second kappa shape index (κ2) is 5.76. The van der Waals surface area contributed by atoms with Crippen molar-refractivity contribution in [1.82, 2.24) is 0 Å². The monoisotopic (exact) mass is 315 g/mol. The van der Waals surface area contributed by atoms with Crippen LogP contribution in [0.25, 0.3) is 0 Å². The van der Waals surface area contributed by atoms with Crippen LogP contribution < -0.4 is 5.73 Å². The summed E-state index contributed by atoms with van der Waals surface area (Å²) in [5, 5.41) is 0. The van der Waals surface area contributed by atoms with Gasteiger partial charge in [-0.25, -0.2) is 0 Å². The molecule has 0 amide bonds. The molecule has 1 heterocycles. The number of halogens is 1. The third-order valence-corrected chi connectivity index (χ3v) is 4.57. The molecule has 1 aliphatic carbocycles. The van der Waals surface area contributed by atoms with E-state index in [1.54, 1.807) is 6.26 Å². The molecule has 1 aliphatic rings. The third-order valence-electron chi connectivity index (χ3n) is 3.92. The first-order valence-corrected chi connectivity index (χ1v) is 7.51. The van der Waals surface area contributed by atoms with Crippen LogP contribution in [-0.4, -0.2) is 12.2 Å². The van der Waals surface area contributed by atoms with Gasteiger partial charge in [0, 0.05) is 6.61 Å². The fourth-order valence-electron chi connectivity index (χ4n) is 3.10. The molecule has 2 rings (SSSR count). The summed E-state index contributed by atoms with van der Waals surface area (Å²) in [4.78, 5) is 0. The molecule has 0 spiro atoms. The largest absolute Gasteiger partial charge is 0.466 e. The van der Waals surface area contributed by atoms with Gasteiger partial charge < -0.3 is 14.9 Å². The van der Waals surface area contributed by atoms with Gasteiger partial charge in [0.1, 0.15) is 5.76 Å². The van der Waals surface area contributed by atoms with Gasteiger partial charge in [-0.3, -0.25) is 0 Å². The van der Waals surface area contributed by atoms with E-state index < -0.39 is 0 Å². The fourth-order valence-corrected chi connectivity index (χ4v) is 3.55. The van der Waals surface area contributed by atoms with E-state index in [4.69, 9.17) is 14.9 Å². The lowest BCUT2D eigenvalue weighted by molar-refractivity contribution is -0.0974. The van der Waals surface area contributed by atoms with Crippen LogP contribution in [0.4, 0.5) is 0 Å². The van der Waals surface area contributed by atoms with Crippen molar-refractivity contribution in [2.75, 3.05) is 6.61 Å². The molecule has 0 aliphatic heterocycles. The van der Waals surface area contributed by atoms with E-state index in [2.05, 4.69) is 22.9 Å². The average molecular weight is 316 g/mol. The van der Waals surface area contributed by atoms with Crippen molar-refractivity contribution in [3.8, 4) is 0 Å². The summed E-state index contributed by atoms with van der Waals surface area (Å²) in [5.41, 5.74) is 6.18. The first-order chi connectivity index (χ1) is 8.59. The van der Waals surface area contributed by atoms with Gasteiger partial charge in [-0.1, -0.05) is 19.8 Å². The predicted molar refractivity (Wildman–Crippen MR) is 75.3 cm³/mol. The van der Waals surface area contributed by atoms with Crippen LogP contribution >= 0.6 is 15.9 Å². The second-order valence-electron chi connectivity index (χ2n) is 5.31. The average Bonchev–Trinajstić information content (AvgIpc) is 2.75. The molecule has 1 fully saturated rings. The molecule has 102 valence electrons. The van der Waals surface area contributed by atoms with Crippen LogP contribution in [0.2, 0.25) is 0 Å². The number of hydrogen-bond acceptors (Lipinski definition) is 3. The summed E-state index contributed by atoms with van der Waals surface area (Å²) in [5.74, 6) is 1.46. The maximum absolute atomic E-state index is 6.45. The quantitative estimate of drug-likeness (QED) is 0.912. The molecule has 4 heteroatoms. The van der Waals surface area contributed by atoms with Crippen LogP contribution in [0.3, 0.4) is 0 Å². The second-order valence-corrected chi connectivity index (χ2v) is 6.16. The lowest BCUT2D eigenvalue weighted by Gasteiger charge is -2.43. The minimum Gasteiger partial charge on any atom is -0.466 e. The minimum atomic E-state index is -0.271. The van der Waals surface area contributed by atoms with Crippen molar-refractivity contribution in [3.05, 3.63) is 22.6 Å². The Bertz CT molecular complexity index is 389. The maximum atomic E-state index is 6.45. The molecule has 3 nitrogen and oxygen atoms in total. The summed E-state index contributed by atoms with van der Waals surface area (Å²) >= 11 is 3.49. The summed E-state index contributed by atoms with van der Waals surface area (Å²) in [6.45, 7) is 5.00. The van der Waals surface area contributed by atoms with Crippen molar-refractivity contribution in [2.24, 2.45) is 11.7 Å². The van der Waals surface area contributed by atoms with Gasteiger partial charge in [0.25, 0.3) is 0 Å². The van der Waals surface area contributed by atoms with Crippen LogP contribution in [0.15, 0.2) is 21.2 Å². The Hall–Kier alpha value is -0.320. The molecule has 18 heavy (non-hydrogen) atoms. The Morgan fingerprint density at radius 3 is 3.00 bits per heavy atom. The van der Waals surface area contributed by atoms with E-state index in [1.807, 2.05) is 13.0 Å². The van der Waals surface area contributed by atoms with Gasteiger partial charge in [-0.15, -0.1) is 0 Å². The van der Waals surface area contributed by atoms with E-state index in [1.165, 1.54) is 12.8 Å². The summed E-state index contributed by atoms with van der Waals surface area (Å²) in [6, 6.07) is 1.69. The zero-order chi connectivity index (χ0) is 13.2. The fraction of sp³-hybridized carbons (Fsp3) is 0.714. The lowest BCUT2D eigenvalue weighted by Crippen LogP contribution is -2.47. The number of nitrogens with two attached hydrogens (primary N) is 1. The maximum Gasteiger partial charge on any atom is 0.137 e. The van der Waals surface area contributed by atoms with E-state index >= 15 is 0 Å². The van der Waals surface area contributed by atoms with Gasteiger partial charge in [-0.05, 0) is 47.7 Å². The van der Waals surface area contributed by atoms with E-state index in [-0.39, 0.29) is 11.6 Å². The normalized spacial score (nSPS) is 30.3. The van der Waals surface area contributed by atoms with Gasteiger partial charge in [-0.2, -0.15) is 0 Å². The molecule has 1 aromatic heterocycles. The standard InChI is InChI=1S/C14H22BrNO2/c1-3-18-14(7-4-5-10(2)9-14)13(16)12-11(15)6-8-17-12/h6,8,10,13H,3-5,7,9,16H2,1-2H3. The molecular formula is C14H22BrNO2. The molecule has 0 radical (unpaired) electrons. The highest BCUT2D eigenvalue weighted by molar-refractivity contribution is 9.10. The van der Waals surface area contributed by atoms with Crippen LogP contribution in [-0.2, 0) is 4.74 Å². The highest BCUT2D eigenvalue weighted by atomic mass is 79.9. The highest BCUT2D eigenvalue weighted by Crippen LogP contribution is 2.44. The number of hydrogen-bond donors (Lipinski definition) is 1. The smallest absolute Gasteiger partial charge is 0.137 e. The SMILES string of the molecule is CCOC1(C(N)c2occc2Br)CCCC(C)C1. The number of rotatable bonds is 4. The molecule has 3 atom stereocenters. The van der Waals surface area contributed by atoms with Gasteiger partial charge >= 0.3 is 0 Å². The Morgan fingerprint density at radius 2 is 2.44 bits per heavy atom. The third kappa shape index (κ3) is 2.65. The van der Waals surface area contributed by atoms with Crippen LogP contribution in [0, 0.1) is 5.92 Å². The summed E-state index contributed by atoms with van der Waals surface area (Å²) in [7, 11) is 0. The molecule has 0 aromatic carbocycles. The summed E-state index contributed by atoms with van der Waals surface area (Å²) in [6.07, 6.45) is 6.13. The predicted octanol–water partition coefficient (Wildman–Crippen LogP) is 4.03. The van der Waals surface area contributed by atoms with Gasteiger partial charge in [0.15, 0.2) is 0 Å². The van der Waals surface area contributed by atoms with Crippen molar-refractivity contribution in [3.63, 3.8) is 0 Å². The van der Waals surface area contributed by atoms with Crippen molar-refractivity contribution >= 4 is 15.9 Å². The number of ether oxygens (including phenoxy) is 1. The first-order valence-electron chi connectivity index (χ1n) is 6.71. The first kappa shape index (κ1) is 14.1. The molecule has 1 saturated carbocycles. The zero-order valence-corrected chi connectivity index (χ0v) is 12.7. The lowest BCUT2D eigenvalue weighted by atomic mass is 9.74. The molecule has 0 saturated heterocycles. The molecule has 1 aromatic rings. The zero-order valence-electron chi connectivity index (χ0n) is 11.1. The van der Waals surface area contributed by atoms with E-state index in [0.717, 1.165) is 23.1 Å². The Balaban J connectivity index is 2.26. The minimum absolute atomic E-state index is 0.204. The van der Waals surface area contributed by atoms with Crippen molar-refractivity contribution < 1.29 is 9.15 Å². The van der Waals surface area contributed by atoms with E-state index in [9.17, 15) is 0 Å². The van der Waals surface area contributed by atoms with Gasteiger partial charge in [0.2, 0.25) is 0 Å². The van der Waals surface area contributed by atoms with E-state index in [0.29, 0.717) is 12.5 Å². The van der Waals surface area contributed by atoms with Crippen molar-refractivity contribution in [2.45, 2.75) is 51.2 Å². The molecule has 0 bridgehead atoms. The molecular weight excluding hydrogens is 294 g/mol. The Morgan fingerprint density at radius 1 is 1.67 bits per heavy atom.